The van der Waals surface area contributed by atoms with E-state index >= 15 is 0 Å². The Kier molecular flexibility index (Phi) is 3.10. The predicted molar refractivity (Wildman–Crippen MR) is 68.5 cm³/mol. The molecule has 1 aromatic carbocycles. The minimum absolute atomic E-state index is 0.318. The van der Waals surface area contributed by atoms with Crippen LogP contribution in [-0.2, 0) is 0 Å². The van der Waals surface area contributed by atoms with Crippen LogP contribution >= 0.6 is 0 Å². The minimum Gasteiger partial charge on any atom is -0.490 e. The summed E-state index contributed by atoms with van der Waals surface area (Å²) in [6.07, 6.45) is 1.54. The van der Waals surface area contributed by atoms with Gasteiger partial charge in [-0.05, 0) is 30.3 Å². The Labute approximate surface area is 110 Å². The zero-order chi connectivity index (χ0) is 13.1. The molecule has 0 spiro atoms. The Bertz CT molecular complexity index is 596. The van der Waals surface area contributed by atoms with Gasteiger partial charge in [0, 0.05) is 12.0 Å². The summed E-state index contributed by atoms with van der Waals surface area (Å²) in [6.45, 7) is 1.31. The Morgan fingerprint density at radius 2 is 1.84 bits per heavy atom. The lowest BCUT2D eigenvalue weighted by Crippen LogP contribution is -1.97. The molecule has 0 bridgehead atoms. The summed E-state index contributed by atoms with van der Waals surface area (Å²) in [7, 11) is 0. The van der Waals surface area contributed by atoms with Crippen LogP contribution in [0.1, 0.15) is 16.9 Å². The molecule has 0 amide bonds. The molecule has 0 aliphatic carbocycles. The molecule has 19 heavy (non-hydrogen) atoms. The van der Waals surface area contributed by atoms with Crippen molar-refractivity contribution in [3.8, 4) is 22.8 Å². The highest BCUT2D eigenvalue weighted by molar-refractivity contribution is 5.72. The summed E-state index contributed by atoms with van der Waals surface area (Å²) >= 11 is 0. The summed E-state index contributed by atoms with van der Waals surface area (Å²) in [5.41, 5.74) is 1.90. The Morgan fingerprint density at radius 3 is 2.58 bits per heavy atom. The van der Waals surface area contributed by atoms with E-state index in [-0.39, 0.29) is 0 Å². The van der Waals surface area contributed by atoms with Gasteiger partial charge >= 0.3 is 0 Å². The number of hydrogen-bond acceptors (Lipinski definition) is 5. The van der Waals surface area contributed by atoms with Gasteiger partial charge in [0.05, 0.1) is 18.9 Å². The van der Waals surface area contributed by atoms with Crippen molar-refractivity contribution in [2.45, 2.75) is 6.42 Å². The van der Waals surface area contributed by atoms with Crippen LogP contribution in [0.5, 0.6) is 11.5 Å². The van der Waals surface area contributed by atoms with E-state index in [1.807, 2.05) is 18.2 Å². The van der Waals surface area contributed by atoms with E-state index in [1.165, 1.54) is 0 Å². The third-order valence-corrected chi connectivity index (χ3v) is 2.85. The van der Waals surface area contributed by atoms with Crippen LogP contribution in [0, 0.1) is 0 Å². The van der Waals surface area contributed by atoms with Crippen LogP contribution in [0.2, 0.25) is 0 Å². The topological polar surface area (TPSA) is 61.3 Å². The Balaban J connectivity index is 1.96. The molecule has 2 heterocycles. The SMILES string of the molecule is O=Cc1ccc(-c2ccc3c(c2)OCCCO3)nn1. The zero-order valence-corrected chi connectivity index (χ0v) is 10.2. The molecular formula is C14H12N2O3. The first kappa shape index (κ1) is 11.6. The van der Waals surface area contributed by atoms with Crippen molar-refractivity contribution in [3.05, 3.63) is 36.0 Å². The molecule has 5 nitrogen and oxygen atoms in total. The largest absolute Gasteiger partial charge is 0.490 e. The second-order valence-electron chi connectivity index (χ2n) is 4.17. The molecule has 0 fully saturated rings. The number of ether oxygens (including phenoxy) is 2. The van der Waals surface area contributed by atoms with Crippen molar-refractivity contribution in [2.24, 2.45) is 0 Å². The maximum atomic E-state index is 10.5. The van der Waals surface area contributed by atoms with Gasteiger partial charge in [0.25, 0.3) is 0 Å². The molecule has 0 N–H and O–H groups in total. The molecule has 3 rings (SSSR count). The molecule has 0 unspecified atom stereocenters. The van der Waals surface area contributed by atoms with E-state index in [2.05, 4.69) is 10.2 Å². The van der Waals surface area contributed by atoms with Gasteiger partial charge in [-0.1, -0.05) is 0 Å². The molecule has 0 saturated heterocycles. The second kappa shape index (κ2) is 5.06. The highest BCUT2D eigenvalue weighted by Gasteiger charge is 2.12. The maximum absolute atomic E-state index is 10.5. The number of benzene rings is 1. The molecule has 0 radical (unpaired) electrons. The lowest BCUT2D eigenvalue weighted by Gasteiger charge is -2.08. The fourth-order valence-corrected chi connectivity index (χ4v) is 1.88. The van der Waals surface area contributed by atoms with Crippen molar-refractivity contribution in [2.75, 3.05) is 13.2 Å². The average Bonchev–Trinajstić information content (AvgIpc) is 2.72. The first-order chi connectivity index (χ1) is 9.36. The lowest BCUT2D eigenvalue weighted by atomic mass is 10.1. The van der Waals surface area contributed by atoms with Gasteiger partial charge in [-0.25, -0.2) is 0 Å². The summed E-state index contributed by atoms with van der Waals surface area (Å²) < 4.78 is 11.2. The molecule has 1 aliphatic rings. The van der Waals surface area contributed by atoms with E-state index < -0.39 is 0 Å². The Hall–Kier alpha value is -2.43. The summed E-state index contributed by atoms with van der Waals surface area (Å²) in [5, 5.41) is 7.83. The van der Waals surface area contributed by atoms with Crippen LogP contribution in [0.4, 0.5) is 0 Å². The lowest BCUT2D eigenvalue weighted by molar-refractivity contribution is 0.111. The van der Waals surface area contributed by atoms with E-state index in [0.717, 1.165) is 23.5 Å². The standard InChI is InChI=1S/C14H12N2O3/c17-9-11-3-4-12(16-15-11)10-2-5-13-14(8-10)19-7-1-6-18-13/h2-5,8-9H,1,6-7H2. The zero-order valence-electron chi connectivity index (χ0n) is 10.2. The van der Waals surface area contributed by atoms with Crippen molar-refractivity contribution in [1.29, 1.82) is 0 Å². The normalized spacial score (nSPS) is 13.7. The Morgan fingerprint density at radius 1 is 1.00 bits per heavy atom. The van der Waals surface area contributed by atoms with E-state index in [4.69, 9.17) is 9.47 Å². The average molecular weight is 256 g/mol. The van der Waals surface area contributed by atoms with Crippen LogP contribution in [0.25, 0.3) is 11.3 Å². The van der Waals surface area contributed by atoms with Gasteiger partial charge in [-0.15, -0.1) is 10.2 Å². The third-order valence-electron chi connectivity index (χ3n) is 2.85. The first-order valence-electron chi connectivity index (χ1n) is 6.06. The molecule has 0 saturated carbocycles. The van der Waals surface area contributed by atoms with E-state index in [0.29, 0.717) is 30.9 Å². The minimum atomic E-state index is 0.318. The van der Waals surface area contributed by atoms with Crippen molar-refractivity contribution >= 4 is 6.29 Å². The molecule has 2 aromatic rings. The second-order valence-corrected chi connectivity index (χ2v) is 4.17. The van der Waals surface area contributed by atoms with Crippen molar-refractivity contribution in [1.82, 2.24) is 10.2 Å². The van der Waals surface area contributed by atoms with Gasteiger partial charge in [-0.2, -0.15) is 0 Å². The number of carbonyl (C=O) groups is 1. The molecule has 5 heteroatoms. The fraction of sp³-hybridized carbons (Fsp3) is 0.214. The molecule has 1 aliphatic heterocycles. The van der Waals surface area contributed by atoms with Crippen LogP contribution in [0.15, 0.2) is 30.3 Å². The summed E-state index contributed by atoms with van der Waals surface area (Å²) in [4.78, 5) is 10.5. The molecule has 96 valence electrons. The van der Waals surface area contributed by atoms with Gasteiger partial charge in [-0.3, -0.25) is 4.79 Å². The fourth-order valence-electron chi connectivity index (χ4n) is 1.88. The third kappa shape index (κ3) is 2.40. The predicted octanol–water partition coefficient (Wildman–Crippen LogP) is 2.12. The first-order valence-corrected chi connectivity index (χ1v) is 6.06. The van der Waals surface area contributed by atoms with Crippen LogP contribution < -0.4 is 9.47 Å². The number of rotatable bonds is 2. The van der Waals surface area contributed by atoms with Crippen LogP contribution in [-0.4, -0.2) is 29.7 Å². The smallest absolute Gasteiger partial charge is 0.170 e. The van der Waals surface area contributed by atoms with E-state index in [9.17, 15) is 4.79 Å². The quantitative estimate of drug-likeness (QED) is 0.770. The highest BCUT2D eigenvalue weighted by Crippen LogP contribution is 2.33. The summed E-state index contributed by atoms with van der Waals surface area (Å²) in [6, 6.07) is 9.04. The number of nitrogens with zero attached hydrogens (tertiary/aromatic N) is 2. The molecule has 1 aromatic heterocycles. The van der Waals surface area contributed by atoms with E-state index in [1.54, 1.807) is 12.1 Å². The highest BCUT2D eigenvalue weighted by atomic mass is 16.5. The number of carbonyl (C=O) groups excluding carboxylic acids is 1. The monoisotopic (exact) mass is 256 g/mol. The van der Waals surface area contributed by atoms with Crippen molar-refractivity contribution < 1.29 is 14.3 Å². The molecular weight excluding hydrogens is 244 g/mol. The number of aromatic nitrogens is 2. The maximum Gasteiger partial charge on any atom is 0.170 e. The van der Waals surface area contributed by atoms with Crippen molar-refractivity contribution in [3.63, 3.8) is 0 Å². The van der Waals surface area contributed by atoms with Gasteiger partial charge in [0.15, 0.2) is 17.8 Å². The van der Waals surface area contributed by atoms with Gasteiger partial charge < -0.3 is 9.47 Å². The van der Waals surface area contributed by atoms with Gasteiger partial charge in [0.2, 0.25) is 0 Å². The number of fused-ring (bicyclic) bond motifs is 1. The molecule has 0 atom stereocenters. The van der Waals surface area contributed by atoms with Crippen LogP contribution in [0.3, 0.4) is 0 Å². The number of aldehydes is 1. The summed E-state index contributed by atoms with van der Waals surface area (Å²) in [5.74, 6) is 1.47. The van der Waals surface area contributed by atoms with Gasteiger partial charge in [0.1, 0.15) is 5.69 Å². The number of hydrogen-bond donors (Lipinski definition) is 0.